The van der Waals surface area contributed by atoms with Gasteiger partial charge in [0.25, 0.3) is 0 Å². The van der Waals surface area contributed by atoms with E-state index in [9.17, 15) is 0 Å². The minimum absolute atomic E-state index is 0.103. The topological polar surface area (TPSA) is 3.24 Å². The van der Waals surface area contributed by atoms with Crippen LogP contribution in [0.1, 0.15) is 25.0 Å². The molecule has 0 saturated heterocycles. The molecule has 0 spiro atoms. The summed E-state index contributed by atoms with van der Waals surface area (Å²) in [5.41, 5.74) is 11.4. The van der Waals surface area contributed by atoms with Crippen LogP contribution in [0.3, 0.4) is 0 Å². The number of hydrogen-bond donors (Lipinski definition) is 0. The largest absolute Gasteiger partial charge is 0.309 e. The van der Waals surface area contributed by atoms with Gasteiger partial charge < -0.3 is 4.90 Å². The van der Waals surface area contributed by atoms with Crippen molar-refractivity contribution in [1.82, 2.24) is 0 Å². The zero-order chi connectivity index (χ0) is 30.8. The molecule has 0 heterocycles. The first-order chi connectivity index (χ1) is 22.6. The Labute approximate surface area is 270 Å². The molecule has 8 aromatic rings. The fourth-order valence-electron chi connectivity index (χ4n) is 7.82. The van der Waals surface area contributed by atoms with E-state index < -0.39 is 0 Å². The van der Waals surface area contributed by atoms with Gasteiger partial charge in [0.2, 0.25) is 0 Å². The smallest absolute Gasteiger partial charge is 0.0546 e. The minimum Gasteiger partial charge on any atom is -0.309 e. The van der Waals surface area contributed by atoms with Crippen LogP contribution in [-0.2, 0) is 5.41 Å². The lowest BCUT2D eigenvalue weighted by atomic mass is 9.82. The van der Waals surface area contributed by atoms with Crippen LogP contribution in [0.2, 0.25) is 0 Å². The van der Waals surface area contributed by atoms with E-state index >= 15 is 0 Å². The van der Waals surface area contributed by atoms with E-state index in [4.69, 9.17) is 0 Å². The van der Waals surface area contributed by atoms with Gasteiger partial charge >= 0.3 is 0 Å². The van der Waals surface area contributed by atoms with Crippen LogP contribution < -0.4 is 4.90 Å². The standard InChI is InChI=1S/C45H33N/c1-45(2)40-27-26-33(29-39(40)44-36(23-13-24-41(44)45)31-14-4-3-5-15-31)46(42-25-12-18-30-16-6-9-20-35(30)42)43-28-32-17-7-8-19-34(32)37-21-10-11-22-38(37)43/h3-29H,1-2H3. The van der Waals surface area contributed by atoms with Crippen molar-refractivity contribution < 1.29 is 0 Å². The highest BCUT2D eigenvalue weighted by molar-refractivity contribution is 6.15. The first-order valence-corrected chi connectivity index (χ1v) is 16.1. The summed E-state index contributed by atoms with van der Waals surface area (Å²) in [6.45, 7) is 4.73. The lowest BCUT2D eigenvalue weighted by Gasteiger charge is -2.29. The maximum atomic E-state index is 2.49. The van der Waals surface area contributed by atoms with Crippen LogP contribution in [0.25, 0.3) is 54.6 Å². The average Bonchev–Trinajstić information content (AvgIpc) is 3.34. The Bertz CT molecular complexity index is 2450. The normalized spacial score (nSPS) is 13.2. The van der Waals surface area contributed by atoms with E-state index in [1.165, 1.54) is 77.1 Å². The van der Waals surface area contributed by atoms with Gasteiger partial charge in [-0.1, -0.05) is 153 Å². The van der Waals surface area contributed by atoms with E-state index in [-0.39, 0.29) is 5.41 Å². The molecule has 0 fully saturated rings. The van der Waals surface area contributed by atoms with Crippen molar-refractivity contribution in [3.8, 4) is 22.3 Å². The summed E-state index contributed by atoms with van der Waals surface area (Å²) < 4.78 is 0. The third-order valence-corrected chi connectivity index (χ3v) is 10.0. The summed E-state index contributed by atoms with van der Waals surface area (Å²) in [6, 6.07) is 60.2. The summed E-state index contributed by atoms with van der Waals surface area (Å²) in [6.07, 6.45) is 0. The first kappa shape index (κ1) is 26.7. The van der Waals surface area contributed by atoms with Crippen LogP contribution in [0.5, 0.6) is 0 Å². The number of fused-ring (bicyclic) bond motifs is 7. The Hall–Kier alpha value is -5.66. The highest BCUT2D eigenvalue weighted by atomic mass is 15.1. The molecule has 0 unspecified atom stereocenters. The van der Waals surface area contributed by atoms with Gasteiger partial charge in [-0.2, -0.15) is 0 Å². The molecular weight excluding hydrogens is 555 g/mol. The molecule has 0 atom stereocenters. The molecule has 218 valence electrons. The van der Waals surface area contributed by atoms with Gasteiger partial charge in [0.05, 0.1) is 11.4 Å². The van der Waals surface area contributed by atoms with Crippen LogP contribution >= 0.6 is 0 Å². The van der Waals surface area contributed by atoms with Crippen molar-refractivity contribution in [3.05, 3.63) is 175 Å². The van der Waals surface area contributed by atoms with Crippen LogP contribution in [-0.4, -0.2) is 0 Å². The van der Waals surface area contributed by atoms with Gasteiger partial charge in [-0.25, -0.2) is 0 Å². The summed E-state index contributed by atoms with van der Waals surface area (Å²) in [5.74, 6) is 0. The van der Waals surface area contributed by atoms with Gasteiger partial charge in [-0.15, -0.1) is 0 Å². The summed E-state index contributed by atoms with van der Waals surface area (Å²) >= 11 is 0. The van der Waals surface area contributed by atoms with Gasteiger partial charge in [0.15, 0.2) is 0 Å². The molecule has 46 heavy (non-hydrogen) atoms. The van der Waals surface area contributed by atoms with E-state index in [0.29, 0.717) is 0 Å². The SMILES string of the molecule is CC1(C)c2ccc(N(c3cccc4ccccc34)c3cc4ccccc4c4ccccc34)cc2-c2c(-c3ccccc3)cccc21. The van der Waals surface area contributed by atoms with Crippen molar-refractivity contribution in [2.24, 2.45) is 0 Å². The molecule has 1 aliphatic carbocycles. The second kappa shape index (κ2) is 10.2. The second-order valence-electron chi connectivity index (χ2n) is 12.9. The Morgan fingerprint density at radius 1 is 0.413 bits per heavy atom. The highest BCUT2D eigenvalue weighted by Crippen LogP contribution is 2.54. The molecule has 0 aliphatic heterocycles. The molecule has 1 aliphatic rings. The second-order valence-corrected chi connectivity index (χ2v) is 12.9. The van der Waals surface area contributed by atoms with Crippen LogP contribution in [0, 0.1) is 0 Å². The number of anilines is 3. The van der Waals surface area contributed by atoms with E-state index in [1.54, 1.807) is 0 Å². The number of rotatable bonds is 4. The van der Waals surface area contributed by atoms with Gasteiger partial charge in [-0.05, 0) is 79.2 Å². The zero-order valence-electron chi connectivity index (χ0n) is 26.0. The molecule has 9 rings (SSSR count). The first-order valence-electron chi connectivity index (χ1n) is 16.1. The zero-order valence-corrected chi connectivity index (χ0v) is 26.0. The molecule has 1 heteroatoms. The maximum Gasteiger partial charge on any atom is 0.0546 e. The summed E-state index contributed by atoms with van der Waals surface area (Å²) in [5, 5.41) is 7.47. The van der Waals surface area contributed by atoms with E-state index in [0.717, 1.165) is 5.69 Å². The van der Waals surface area contributed by atoms with Crippen molar-refractivity contribution in [2.75, 3.05) is 4.90 Å². The average molecular weight is 588 g/mol. The minimum atomic E-state index is -0.103. The lowest BCUT2D eigenvalue weighted by molar-refractivity contribution is 0.660. The predicted octanol–water partition coefficient (Wildman–Crippen LogP) is 12.6. The molecule has 8 aromatic carbocycles. The molecule has 0 amide bonds. The number of benzene rings is 8. The van der Waals surface area contributed by atoms with Crippen molar-refractivity contribution >= 4 is 49.4 Å². The van der Waals surface area contributed by atoms with Gasteiger partial charge in [0, 0.05) is 21.9 Å². The molecule has 0 saturated carbocycles. The lowest BCUT2D eigenvalue weighted by Crippen LogP contribution is -2.15. The Morgan fingerprint density at radius 3 is 1.89 bits per heavy atom. The molecular formula is C45H33N. The Balaban J connectivity index is 1.37. The van der Waals surface area contributed by atoms with Crippen LogP contribution in [0.4, 0.5) is 17.1 Å². The Morgan fingerprint density at radius 2 is 1.07 bits per heavy atom. The summed E-state index contributed by atoms with van der Waals surface area (Å²) in [4.78, 5) is 2.49. The van der Waals surface area contributed by atoms with Crippen molar-refractivity contribution in [2.45, 2.75) is 19.3 Å². The molecule has 0 bridgehead atoms. The fourth-order valence-corrected chi connectivity index (χ4v) is 7.82. The molecule has 0 N–H and O–H groups in total. The third kappa shape index (κ3) is 3.95. The van der Waals surface area contributed by atoms with Crippen LogP contribution in [0.15, 0.2) is 164 Å². The third-order valence-electron chi connectivity index (χ3n) is 10.0. The summed E-state index contributed by atoms with van der Waals surface area (Å²) in [7, 11) is 0. The Kier molecular flexibility index (Phi) is 5.92. The molecule has 0 radical (unpaired) electrons. The predicted molar refractivity (Wildman–Crippen MR) is 197 cm³/mol. The quantitative estimate of drug-likeness (QED) is 0.185. The molecule has 0 aromatic heterocycles. The van der Waals surface area contributed by atoms with Gasteiger partial charge in [0.1, 0.15) is 0 Å². The van der Waals surface area contributed by atoms with Gasteiger partial charge in [-0.3, -0.25) is 0 Å². The van der Waals surface area contributed by atoms with Crippen molar-refractivity contribution in [1.29, 1.82) is 0 Å². The molecule has 1 nitrogen and oxygen atoms in total. The van der Waals surface area contributed by atoms with Crippen molar-refractivity contribution in [3.63, 3.8) is 0 Å². The highest BCUT2D eigenvalue weighted by Gasteiger charge is 2.37. The van der Waals surface area contributed by atoms with E-state index in [1.807, 2.05) is 0 Å². The number of nitrogens with zero attached hydrogens (tertiary/aromatic N) is 1. The van der Waals surface area contributed by atoms with E-state index in [2.05, 4.69) is 183 Å². The number of hydrogen-bond acceptors (Lipinski definition) is 1. The fraction of sp³-hybridized carbons (Fsp3) is 0.0667. The maximum absolute atomic E-state index is 2.49. The monoisotopic (exact) mass is 587 g/mol.